The lowest BCUT2D eigenvalue weighted by atomic mass is 9.88. The van der Waals surface area contributed by atoms with E-state index in [2.05, 4.69) is 98.2 Å². The predicted octanol–water partition coefficient (Wildman–Crippen LogP) is 6.87. The van der Waals surface area contributed by atoms with Crippen LogP contribution in [0.1, 0.15) is 44.4 Å². The van der Waals surface area contributed by atoms with E-state index in [0.717, 1.165) is 5.69 Å². The molecule has 27 heavy (non-hydrogen) atoms. The maximum atomic E-state index is 3.74. The molecule has 0 saturated carbocycles. The van der Waals surface area contributed by atoms with Crippen LogP contribution in [0.5, 0.6) is 0 Å². The van der Waals surface area contributed by atoms with Gasteiger partial charge in [-0.25, -0.2) is 0 Å². The Morgan fingerprint density at radius 1 is 0.889 bits per heavy atom. The summed E-state index contributed by atoms with van der Waals surface area (Å²) in [6.07, 6.45) is 5.73. The van der Waals surface area contributed by atoms with Crippen LogP contribution in [0, 0.1) is 5.92 Å². The molecule has 2 N–H and O–H groups in total. The molecule has 0 bridgehead atoms. The minimum atomic E-state index is 0.187. The van der Waals surface area contributed by atoms with Crippen LogP contribution >= 0.6 is 0 Å². The Morgan fingerprint density at radius 2 is 1.70 bits per heavy atom. The van der Waals surface area contributed by atoms with E-state index >= 15 is 0 Å². The van der Waals surface area contributed by atoms with E-state index in [1.165, 1.54) is 34.0 Å². The SMILES string of the molecule is CC(C)CC(C)Nc1ccc2cccc3c2c1C=CC3Nc1ccccc1. The highest BCUT2D eigenvalue weighted by Crippen LogP contribution is 2.39. The number of hydrogen-bond donors (Lipinski definition) is 2. The first-order chi connectivity index (χ1) is 13.1. The zero-order chi connectivity index (χ0) is 18.8. The highest BCUT2D eigenvalue weighted by atomic mass is 14.9. The highest BCUT2D eigenvalue weighted by molar-refractivity contribution is 6.00. The molecule has 0 heterocycles. The standard InChI is InChI=1S/C25H28N2/c1-17(2)16-18(3)26-23-14-12-19-8-7-11-21-24(15-13-22(23)25(19)21)27-20-9-5-4-6-10-20/h4-15,17-18,24,26-27H,16H2,1-3H3. The second-order valence-electron chi connectivity index (χ2n) is 7.99. The Bertz CT molecular complexity index is 957. The molecule has 1 aliphatic carbocycles. The molecular weight excluding hydrogens is 328 g/mol. The summed E-state index contributed by atoms with van der Waals surface area (Å²) in [5.41, 5.74) is 5.03. The molecule has 1 aliphatic rings. The summed E-state index contributed by atoms with van der Waals surface area (Å²) in [4.78, 5) is 0. The van der Waals surface area contributed by atoms with E-state index in [0.29, 0.717) is 12.0 Å². The fourth-order valence-electron chi connectivity index (χ4n) is 4.16. The van der Waals surface area contributed by atoms with Gasteiger partial charge in [-0.05, 0) is 53.8 Å². The molecule has 2 nitrogen and oxygen atoms in total. The van der Waals surface area contributed by atoms with Crippen molar-refractivity contribution in [3.8, 4) is 0 Å². The molecule has 0 fully saturated rings. The van der Waals surface area contributed by atoms with Crippen LogP contribution in [0.2, 0.25) is 0 Å². The molecule has 0 radical (unpaired) electrons. The lowest BCUT2D eigenvalue weighted by Gasteiger charge is -2.26. The summed E-state index contributed by atoms with van der Waals surface area (Å²) >= 11 is 0. The molecule has 4 rings (SSSR count). The van der Waals surface area contributed by atoms with E-state index in [1.54, 1.807) is 0 Å². The van der Waals surface area contributed by atoms with Gasteiger partial charge < -0.3 is 10.6 Å². The van der Waals surface area contributed by atoms with Gasteiger partial charge in [0.05, 0.1) is 6.04 Å². The van der Waals surface area contributed by atoms with Gasteiger partial charge in [-0.3, -0.25) is 0 Å². The minimum absolute atomic E-state index is 0.187. The third-order valence-corrected chi connectivity index (χ3v) is 5.23. The molecule has 0 saturated heterocycles. The van der Waals surface area contributed by atoms with Gasteiger partial charge in [-0.2, -0.15) is 0 Å². The van der Waals surface area contributed by atoms with Crippen molar-refractivity contribution >= 4 is 28.2 Å². The molecule has 138 valence electrons. The van der Waals surface area contributed by atoms with Crippen LogP contribution in [-0.2, 0) is 0 Å². The second-order valence-corrected chi connectivity index (χ2v) is 7.99. The van der Waals surface area contributed by atoms with Crippen molar-refractivity contribution in [3.05, 3.63) is 77.9 Å². The highest BCUT2D eigenvalue weighted by Gasteiger charge is 2.20. The lowest BCUT2D eigenvalue weighted by Crippen LogP contribution is -2.19. The van der Waals surface area contributed by atoms with Crippen molar-refractivity contribution < 1.29 is 0 Å². The largest absolute Gasteiger partial charge is 0.382 e. The quantitative estimate of drug-likeness (QED) is 0.504. The summed E-state index contributed by atoms with van der Waals surface area (Å²) in [5.74, 6) is 0.690. The number of para-hydroxylation sites is 1. The van der Waals surface area contributed by atoms with E-state index in [9.17, 15) is 0 Å². The normalized spacial score (nSPS) is 16.5. The average Bonchev–Trinajstić information content (AvgIpc) is 2.66. The monoisotopic (exact) mass is 356 g/mol. The van der Waals surface area contributed by atoms with Gasteiger partial charge in [-0.15, -0.1) is 0 Å². The number of rotatable bonds is 6. The number of nitrogens with one attached hydrogen (secondary N) is 2. The summed E-state index contributed by atoms with van der Waals surface area (Å²) in [6.45, 7) is 6.83. The number of hydrogen-bond acceptors (Lipinski definition) is 2. The third-order valence-electron chi connectivity index (χ3n) is 5.23. The first kappa shape index (κ1) is 17.7. The van der Waals surface area contributed by atoms with Crippen LogP contribution < -0.4 is 10.6 Å². The second kappa shape index (κ2) is 7.48. The topological polar surface area (TPSA) is 24.1 Å². The molecule has 2 heteroatoms. The van der Waals surface area contributed by atoms with Crippen LogP contribution in [-0.4, -0.2) is 6.04 Å². The molecule has 3 aromatic rings. The Hall–Kier alpha value is -2.74. The molecule has 3 aromatic carbocycles. The Balaban J connectivity index is 1.71. The molecule has 0 spiro atoms. The maximum absolute atomic E-state index is 3.74. The van der Waals surface area contributed by atoms with Gasteiger partial charge in [0.2, 0.25) is 0 Å². The summed E-state index contributed by atoms with van der Waals surface area (Å²) < 4.78 is 0. The predicted molar refractivity (Wildman–Crippen MR) is 118 cm³/mol. The van der Waals surface area contributed by atoms with Gasteiger partial charge in [0, 0.05) is 23.0 Å². The third kappa shape index (κ3) is 3.71. The molecule has 0 aromatic heterocycles. The van der Waals surface area contributed by atoms with Gasteiger partial charge in [0.25, 0.3) is 0 Å². The van der Waals surface area contributed by atoms with Crippen molar-refractivity contribution in [1.29, 1.82) is 0 Å². The van der Waals surface area contributed by atoms with E-state index in [4.69, 9.17) is 0 Å². The van der Waals surface area contributed by atoms with Gasteiger partial charge in [-0.1, -0.05) is 68.5 Å². The average molecular weight is 357 g/mol. The fourth-order valence-corrected chi connectivity index (χ4v) is 4.16. The van der Waals surface area contributed by atoms with Crippen LogP contribution in [0.4, 0.5) is 11.4 Å². The van der Waals surface area contributed by atoms with Crippen molar-refractivity contribution in [2.45, 2.75) is 39.3 Å². The fraction of sp³-hybridized carbons (Fsp3) is 0.280. The minimum Gasteiger partial charge on any atom is -0.382 e. The Kier molecular flexibility index (Phi) is 4.89. The number of anilines is 2. The van der Waals surface area contributed by atoms with E-state index < -0.39 is 0 Å². The summed E-state index contributed by atoms with van der Waals surface area (Å²) in [7, 11) is 0. The van der Waals surface area contributed by atoms with E-state index in [-0.39, 0.29) is 6.04 Å². The molecule has 0 aliphatic heterocycles. The van der Waals surface area contributed by atoms with Gasteiger partial charge in [0.15, 0.2) is 0 Å². The summed E-state index contributed by atoms with van der Waals surface area (Å²) in [6, 6.07) is 22.2. The van der Waals surface area contributed by atoms with Gasteiger partial charge in [0.1, 0.15) is 0 Å². The van der Waals surface area contributed by atoms with Crippen molar-refractivity contribution in [1.82, 2.24) is 0 Å². The smallest absolute Gasteiger partial charge is 0.0707 e. The molecule has 2 atom stereocenters. The summed E-state index contributed by atoms with van der Waals surface area (Å²) in [5, 5.41) is 10.1. The van der Waals surface area contributed by atoms with Crippen molar-refractivity contribution in [2.24, 2.45) is 5.92 Å². The van der Waals surface area contributed by atoms with Crippen molar-refractivity contribution in [2.75, 3.05) is 10.6 Å². The maximum Gasteiger partial charge on any atom is 0.0707 e. The molecule has 0 amide bonds. The van der Waals surface area contributed by atoms with Crippen LogP contribution in [0.25, 0.3) is 16.8 Å². The molecular formula is C25H28N2. The number of benzene rings is 3. The van der Waals surface area contributed by atoms with Crippen molar-refractivity contribution in [3.63, 3.8) is 0 Å². The zero-order valence-electron chi connectivity index (χ0n) is 16.4. The van der Waals surface area contributed by atoms with Crippen LogP contribution in [0.15, 0.2) is 66.7 Å². The first-order valence-corrected chi connectivity index (χ1v) is 9.94. The van der Waals surface area contributed by atoms with Crippen LogP contribution in [0.3, 0.4) is 0 Å². The lowest BCUT2D eigenvalue weighted by molar-refractivity contribution is 0.540. The first-order valence-electron chi connectivity index (χ1n) is 9.94. The molecule has 2 unspecified atom stereocenters. The van der Waals surface area contributed by atoms with E-state index in [1.807, 2.05) is 6.07 Å². The zero-order valence-corrected chi connectivity index (χ0v) is 16.4. The van der Waals surface area contributed by atoms with Gasteiger partial charge >= 0.3 is 0 Å². The Morgan fingerprint density at radius 3 is 2.48 bits per heavy atom. The Labute approximate surface area is 162 Å².